The molecule has 0 saturated carbocycles. The van der Waals surface area contributed by atoms with Crippen molar-refractivity contribution in [3.05, 3.63) is 58.6 Å². The Kier molecular flexibility index (Phi) is 8.76. The summed E-state index contributed by atoms with van der Waals surface area (Å²) in [6.07, 6.45) is 2.38. The SMILES string of the molecule is COc1cc(Cl)ccc1C(=O)NCCc1ccc(S(=O)(=O)NC(=O)NN2CCC(C)CC2)cc1. The highest BCUT2D eigenvalue weighted by Gasteiger charge is 2.21. The molecule has 1 saturated heterocycles. The van der Waals surface area contributed by atoms with Crippen LogP contribution in [0.3, 0.4) is 0 Å². The molecule has 0 bridgehead atoms. The van der Waals surface area contributed by atoms with Gasteiger partial charge >= 0.3 is 6.03 Å². The van der Waals surface area contributed by atoms with Crippen LogP contribution in [0.15, 0.2) is 47.4 Å². The van der Waals surface area contributed by atoms with Gasteiger partial charge in [0.15, 0.2) is 0 Å². The second-order valence-corrected chi connectivity index (χ2v) is 10.3. The lowest BCUT2D eigenvalue weighted by Crippen LogP contribution is -2.51. The van der Waals surface area contributed by atoms with Crippen molar-refractivity contribution in [1.29, 1.82) is 0 Å². The summed E-state index contributed by atoms with van der Waals surface area (Å²) in [6, 6.07) is 10.1. The molecule has 3 amide bonds. The third kappa shape index (κ3) is 7.09. The molecule has 0 atom stereocenters. The van der Waals surface area contributed by atoms with E-state index in [1.54, 1.807) is 35.3 Å². The lowest BCUT2D eigenvalue weighted by atomic mass is 10.0. The van der Waals surface area contributed by atoms with Crippen molar-refractivity contribution in [1.82, 2.24) is 20.5 Å². The number of urea groups is 1. The molecule has 2 aromatic rings. The molecule has 1 fully saturated rings. The monoisotopic (exact) mass is 508 g/mol. The van der Waals surface area contributed by atoms with Gasteiger partial charge in [-0.15, -0.1) is 0 Å². The van der Waals surface area contributed by atoms with Crippen LogP contribution >= 0.6 is 11.6 Å². The Labute approximate surface area is 204 Å². The van der Waals surface area contributed by atoms with Gasteiger partial charge in [0.1, 0.15) is 5.75 Å². The van der Waals surface area contributed by atoms with E-state index in [0.29, 0.717) is 48.3 Å². The highest BCUT2D eigenvalue weighted by atomic mass is 35.5. The van der Waals surface area contributed by atoms with Crippen LogP contribution in [-0.4, -0.2) is 52.1 Å². The van der Waals surface area contributed by atoms with Crippen LogP contribution < -0.4 is 20.2 Å². The number of hydrazine groups is 1. The number of carbonyl (C=O) groups is 2. The molecule has 3 rings (SSSR count). The van der Waals surface area contributed by atoms with Gasteiger partial charge < -0.3 is 10.1 Å². The normalized spacial score (nSPS) is 14.9. The van der Waals surface area contributed by atoms with Gasteiger partial charge in [0.25, 0.3) is 15.9 Å². The van der Waals surface area contributed by atoms with E-state index in [4.69, 9.17) is 16.3 Å². The number of rotatable bonds is 8. The first kappa shape index (κ1) is 25.8. The highest BCUT2D eigenvalue weighted by molar-refractivity contribution is 7.90. The Morgan fingerprint density at radius 2 is 1.79 bits per heavy atom. The first-order valence-electron chi connectivity index (χ1n) is 11.0. The zero-order valence-corrected chi connectivity index (χ0v) is 20.7. The van der Waals surface area contributed by atoms with Gasteiger partial charge in [0.05, 0.1) is 17.6 Å². The molecule has 0 aliphatic carbocycles. The fraction of sp³-hybridized carbons (Fsp3) is 0.391. The van der Waals surface area contributed by atoms with Crippen molar-refractivity contribution in [2.24, 2.45) is 5.92 Å². The average molecular weight is 509 g/mol. The number of carbonyl (C=O) groups excluding carboxylic acids is 2. The first-order valence-corrected chi connectivity index (χ1v) is 12.8. The fourth-order valence-corrected chi connectivity index (χ4v) is 4.64. The van der Waals surface area contributed by atoms with Gasteiger partial charge in [-0.1, -0.05) is 30.7 Å². The Morgan fingerprint density at radius 1 is 1.12 bits per heavy atom. The number of amides is 3. The summed E-state index contributed by atoms with van der Waals surface area (Å²) in [5.41, 5.74) is 3.79. The highest BCUT2D eigenvalue weighted by Crippen LogP contribution is 2.23. The second kappa shape index (κ2) is 11.5. The molecule has 9 nitrogen and oxygen atoms in total. The molecule has 2 aromatic carbocycles. The van der Waals surface area contributed by atoms with E-state index in [9.17, 15) is 18.0 Å². The number of hydrogen-bond acceptors (Lipinski definition) is 6. The molecule has 0 aromatic heterocycles. The van der Waals surface area contributed by atoms with Gasteiger partial charge in [-0.05, 0) is 61.1 Å². The van der Waals surface area contributed by atoms with Crippen LogP contribution in [0, 0.1) is 5.92 Å². The topological polar surface area (TPSA) is 117 Å². The largest absolute Gasteiger partial charge is 0.496 e. The molecule has 34 heavy (non-hydrogen) atoms. The van der Waals surface area contributed by atoms with Crippen molar-refractivity contribution in [2.45, 2.75) is 31.1 Å². The van der Waals surface area contributed by atoms with Crippen molar-refractivity contribution in [3.63, 3.8) is 0 Å². The summed E-state index contributed by atoms with van der Waals surface area (Å²) in [4.78, 5) is 24.5. The number of ether oxygens (including phenoxy) is 1. The van der Waals surface area contributed by atoms with Crippen molar-refractivity contribution < 1.29 is 22.7 Å². The number of hydrogen-bond donors (Lipinski definition) is 3. The van der Waals surface area contributed by atoms with E-state index < -0.39 is 16.1 Å². The van der Waals surface area contributed by atoms with E-state index in [2.05, 4.69) is 17.7 Å². The van der Waals surface area contributed by atoms with Crippen LogP contribution in [0.1, 0.15) is 35.7 Å². The van der Waals surface area contributed by atoms with E-state index in [-0.39, 0.29) is 10.8 Å². The molecule has 1 aliphatic heterocycles. The number of benzene rings is 2. The number of sulfonamides is 1. The minimum atomic E-state index is -4.00. The van der Waals surface area contributed by atoms with Crippen LogP contribution in [0.5, 0.6) is 5.75 Å². The van der Waals surface area contributed by atoms with Crippen molar-refractivity contribution >= 4 is 33.6 Å². The van der Waals surface area contributed by atoms with E-state index in [1.807, 2.05) is 4.72 Å². The molecule has 184 valence electrons. The molecule has 0 spiro atoms. The van der Waals surface area contributed by atoms with Gasteiger partial charge in [0, 0.05) is 24.7 Å². The van der Waals surface area contributed by atoms with Crippen LogP contribution in [0.4, 0.5) is 4.79 Å². The molecule has 0 radical (unpaired) electrons. The zero-order chi connectivity index (χ0) is 24.7. The first-order chi connectivity index (χ1) is 16.2. The number of nitrogens with one attached hydrogen (secondary N) is 3. The minimum Gasteiger partial charge on any atom is -0.496 e. The van der Waals surface area contributed by atoms with Gasteiger partial charge in [-0.2, -0.15) is 0 Å². The number of nitrogens with zero attached hydrogens (tertiary/aromatic N) is 1. The summed E-state index contributed by atoms with van der Waals surface area (Å²) in [5, 5.41) is 5.00. The van der Waals surface area contributed by atoms with Crippen LogP contribution in [0.2, 0.25) is 5.02 Å². The fourth-order valence-electron chi connectivity index (χ4n) is 3.57. The summed E-state index contributed by atoms with van der Waals surface area (Å²) < 4.78 is 32.3. The van der Waals surface area contributed by atoms with Crippen LogP contribution in [0.25, 0.3) is 0 Å². The Balaban J connectivity index is 1.50. The second-order valence-electron chi connectivity index (χ2n) is 8.21. The molecule has 3 N–H and O–H groups in total. The number of piperidine rings is 1. The zero-order valence-electron chi connectivity index (χ0n) is 19.1. The van der Waals surface area contributed by atoms with E-state index in [1.165, 1.54) is 19.2 Å². The third-order valence-corrected chi connectivity index (χ3v) is 7.19. The summed E-state index contributed by atoms with van der Waals surface area (Å²) in [5.74, 6) is 0.675. The molecule has 1 heterocycles. The van der Waals surface area contributed by atoms with Crippen molar-refractivity contribution in [2.75, 3.05) is 26.7 Å². The van der Waals surface area contributed by atoms with E-state index >= 15 is 0 Å². The van der Waals surface area contributed by atoms with Gasteiger partial charge in [0.2, 0.25) is 0 Å². The van der Waals surface area contributed by atoms with Gasteiger partial charge in [-0.25, -0.2) is 22.9 Å². The predicted octanol–water partition coefficient (Wildman–Crippen LogP) is 2.96. The molecular weight excluding hydrogens is 480 g/mol. The van der Waals surface area contributed by atoms with Gasteiger partial charge in [-0.3, -0.25) is 10.2 Å². The lowest BCUT2D eigenvalue weighted by Gasteiger charge is -2.30. The lowest BCUT2D eigenvalue weighted by molar-refractivity contribution is 0.0951. The number of halogens is 1. The summed E-state index contributed by atoms with van der Waals surface area (Å²) in [6.45, 7) is 3.86. The van der Waals surface area contributed by atoms with E-state index in [0.717, 1.165) is 18.4 Å². The minimum absolute atomic E-state index is 0.0198. The maximum absolute atomic E-state index is 12.5. The molecular formula is C23H29ClN4O5S. The molecule has 0 unspecified atom stereocenters. The maximum Gasteiger partial charge on any atom is 0.343 e. The average Bonchev–Trinajstić information content (AvgIpc) is 2.80. The quantitative estimate of drug-likeness (QED) is 0.504. The smallest absolute Gasteiger partial charge is 0.343 e. The standard InChI is InChI=1S/C23H29ClN4O5S/c1-16-10-13-28(14-11-16)26-23(30)27-34(31,32)19-6-3-17(4-7-19)9-12-25-22(29)20-8-5-18(24)15-21(20)33-2/h3-8,15-16H,9-14H2,1-2H3,(H,25,29)(H2,26,27,30). The number of methoxy groups -OCH3 is 1. The summed E-state index contributed by atoms with van der Waals surface area (Å²) >= 11 is 5.92. The Morgan fingerprint density at radius 3 is 2.44 bits per heavy atom. The molecule has 1 aliphatic rings. The van der Waals surface area contributed by atoms with Crippen molar-refractivity contribution in [3.8, 4) is 5.75 Å². The maximum atomic E-state index is 12.5. The van der Waals surface area contributed by atoms with Crippen LogP contribution in [-0.2, 0) is 16.4 Å². The predicted molar refractivity (Wildman–Crippen MR) is 129 cm³/mol. The third-order valence-electron chi connectivity index (χ3n) is 5.61. The Hall–Kier alpha value is -2.82. The Bertz CT molecular complexity index is 1120. The summed E-state index contributed by atoms with van der Waals surface area (Å²) in [7, 11) is -2.54. The molecule has 11 heteroatoms.